The lowest BCUT2D eigenvalue weighted by Gasteiger charge is -2.19. The van der Waals surface area contributed by atoms with E-state index in [4.69, 9.17) is 23.2 Å². The van der Waals surface area contributed by atoms with Crippen molar-refractivity contribution in [3.05, 3.63) is 29.8 Å². The van der Waals surface area contributed by atoms with E-state index in [1.54, 1.807) is 0 Å². The number of alkyl halides is 7. The highest BCUT2D eigenvalue weighted by molar-refractivity contribution is 6.44. The van der Waals surface area contributed by atoms with Gasteiger partial charge in [0.1, 0.15) is 5.75 Å². The molecule has 0 radical (unpaired) electrons. The predicted molar refractivity (Wildman–Crippen MR) is 52.5 cm³/mol. The molecule has 8 heteroatoms. The van der Waals surface area contributed by atoms with Gasteiger partial charge in [0.15, 0.2) is 0 Å². The van der Waals surface area contributed by atoms with E-state index in [9.17, 15) is 22.0 Å². The summed E-state index contributed by atoms with van der Waals surface area (Å²) < 4.78 is 66.6. The standard InChI is InChI=1S/C9H5Cl2F5O/c10-7(11)9(15,16)17-6-3-1-2-5(4-6)8(12,13)14/h1-4,7H. The third-order valence-electron chi connectivity index (χ3n) is 1.67. The Bertz CT molecular complexity index is 391. The maximum atomic E-state index is 12.9. The van der Waals surface area contributed by atoms with Crippen LogP contribution in [0.5, 0.6) is 5.75 Å². The zero-order valence-electron chi connectivity index (χ0n) is 7.94. The average Bonchev–Trinajstić information content (AvgIpc) is 2.15. The molecule has 0 aliphatic rings. The summed E-state index contributed by atoms with van der Waals surface area (Å²) in [5, 5.41) is 0. The van der Waals surface area contributed by atoms with Crippen LogP contribution in [0.4, 0.5) is 22.0 Å². The van der Waals surface area contributed by atoms with Gasteiger partial charge in [0, 0.05) is 0 Å². The van der Waals surface area contributed by atoms with Crippen LogP contribution in [0.3, 0.4) is 0 Å². The molecule has 1 nitrogen and oxygen atoms in total. The second-order valence-corrected chi connectivity index (χ2v) is 4.09. The Morgan fingerprint density at radius 2 is 1.65 bits per heavy atom. The molecule has 17 heavy (non-hydrogen) atoms. The van der Waals surface area contributed by atoms with Gasteiger partial charge < -0.3 is 4.74 Å². The van der Waals surface area contributed by atoms with Crippen LogP contribution < -0.4 is 4.74 Å². The van der Waals surface area contributed by atoms with E-state index in [1.807, 2.05) is 0 Å². The predicted octanol–water partition coefficient (Wildman–Crippen LogP) is 4.48. The van der Waals surface area contributed by atoms with Crippen LogP contribution in [0.25, 0.3) is 0 Å². The quantitative estimate of drug-likeness (QED) is 0.590. The highest BCUT2D eigenvalue weighted by atomic mass is 35.5. The minimum Gasteiger partial charge on any atom is -0.431 e. The second kappa shape index (κ2) is 4.86. The molecule has 96 valence electrons. The molecule has 0 saturated heterocycles. The monoisotopic (exact) mass is 294 g/mol. The molecule has 0 amide bonds. The van der Waals surface area contributed by atoms with Gasteiger partial charge in [-0.3, -0.25) is 0 Å². The fourth-order valence-corrected chi connectivity index (χ4v) is 1.03. The summed E-state index contributed by atoms with van der Waals surface area (Å²) >= 11 is 9.83. The molecule has 0 N–H and O–H groups in total. The van der Waals surface area contributed by atoms with E-state index in [0.29, 0.717) is 6.07 Å². The first-order chi connectivity index (χ1) is 7.63. The van der Waals surface area contributed by atoms with Crippen molar-refractivity contribution in [2.45, 2.75) is 17.1 Å². The lowest BCUT2D eigenvalue weighted by Crippen LogP contribution is -2.32. The van der Waals surface area contributed by atoms with Gasteiger partial charge in [-0.05, 0) is 18.2 Å². The maximum Gasteiger partial charge on any atom is 0.428 e. The summed E-state index contributed by atoms with van der Waals surface area (Å²) in [6.45, 7) is 0. The van der Waals surface area contributed by atoms with E-state index < -0.39 is 28.4 Å². The van der Waals surface area contributed by atoms with Gasteiger partial charge in [0.2, 0.25) is 4.84 Å². The van der Waals surface area contributed by atoms with Gasteiger partial charge in [-0.1, -0.05) is 29.3 Å². The minimum absolute atomic E-state index is 0.435. The molecule has 1 aromatic carbocycles. The molecular weight excluding hydrogens is 290 g/mol. The molecule has 0 aromatic heterocycles. The Balaban J connectivity index is 2.94. The van der Waals surface area contributed by atoms with Crippen LogP contribution in [-0.4, -0.2) is 10.9 Å². The van der Waals surface area contributed by atoms with E-state index in [0.717, 1.165) is 18.2 Å². The number of rotatable bonds is 3. The Kier molecular flexibility index (Phi) is 4.09. The molecule has 0 unspecified atom stereocenters. The van der Waals surface area contributed by atoms with Gasteiger partial charge in [-0.15, -0.1) is 0 Å². The first-order valence-electron chi connectivity index (χ1n) is 4.15. The normalized spacial score (nSPS) is 12.9. The van der Waals surface area contributed by atoms with Crippen molar-refractivity contribution in [1.29, 1.82) is 0 Å². The van der Waals surface area contributed by atoms with Crippen LogP contribution in [0, 0.1) is 0 Å². The van der Waals surface area contributed by atoms with Gasteiger partial charge >= 0.3 is 12.3 Å². The van der Waals surface area contributed by atoms with Crippen molar-refractivity contribution in [2.75, 3.05) is 0 Å². The molecule has 0 heterocycles. The summed E-state index contributed by atoms with van der Waals surface area (Å²) in [4.78, 5) is -2.18. The number of hydrogen-bond acceptors (Lipinski definition) is 1. The van der Waals surface area contributed by atoms with E-state index in [2.05, 4.69) is 4.74 Å². The van der Waals surface area contributed by atoms with Crippen molar-refractivity contribution < 1.29 is 26.7 Å². The average molecular weight is 295 g/mol. The van der Waals surface area contributed by atoms with E-state index in [1.165, 1.54) is 0 Å². The first-order valence-corrected chi connectivity index (χ1v) is 5.02. The van der Waals surface area contributed by atoms with E-state index >= 15 is 0 Å². The van der Waals surface area contributed by atoms with Crippen LogP contribution in [0.15, 0.2) is 24.3 Å². The highest BCUT2D eigenvalue weighted by Gasteiger charge is 2.40. The summed E-state index contributed by atoms with van der Waals surface area (Å²) in [5.74, 6) is -0.670. The van der Waals surface area contributed by atoms with Crippen LogP contribution >= 0.6 is 23.2 Å². The molecule has 0 atom stereocenters. The van der Waals surface area contributed by atoms with Crippen LogP contribution in [0.2, 0.25) is 0 Å². The third kappa shape index (κ3) is 3.89. The lowest BCUT2D eigenvalue weighted by atomic mass is 10.2. The van der Waals surface area contributed by atoms with Gasteiger partial charge in [-0.2, -0.15) is 22.0 Å². The van der Waals surface area contributed by atoms with Gasteiger partial charge in [0.25, 0.3) is 0 Å². The molecular formula is C9H5Cl2F5O. The van der Waals surface area contributed by atoms with E-state index in [-0.39, 0.29) is 0 Å². The first kappa shape index (κ1) is 14.3. The number of ether oxygens (including phenoxy) is 1. The SMILES string of the molecule is FC(F)(F)c1cccc(OC(F)(F)C(Cl)Cl)c1. The number of halogens is 7. The molecule has 1 rings (SSSR count). The Labute approximate surface area is 103 Å². The third-order valence-corrected chi connectivity index (χ3v) is 2.18. The number of hydrogen-bond donors (Lipinski definition) is 0. The zero-order chi connectivity index (χ0) is 13.3. The van der Waals surface area contributed by atoms with Crippen molar-refractivity contribution in [2.24, 2.45) is 0 Å². The molecule has 0 bridgehead atoms. The Morgan fingerprint density at radius 1 is 1.06 bits per heavy atom. The summed E-state index contributed by atoms with van der Waals surface area (Å²) in [7, 11) is 0. The fourth-order valence-electron chi connectivity index (χ4n) is 0.938. The highest BCUT2D eigenvalue weighted by Crippen LogP contribution is 2.34. The smallest absolute Gasteiger partial charge is 0.428 e. The second-order valence-electron chi connectivity index (χ2n) is 2.99. The molecule has 0 saturated carbocycles. The van der Waals surface area contributed by atoms with Crippen molar-refractivity contribution in [3.8, 4) is 5.75 Å². The lowest BCUT2D eigenvalue weighted by molar-refractivity contribution is -0.164. The van der Waals surface area contributed by atoms with Crippen LogP contribution in [0.1, 0.15) is 5.56 Å². The van der Waals surface area contributed by atoms with Crippen molar-refractivity contribution in [3.63, 3.8) is 0 Å². The van der Waals surface area contributed by atoms with Gasteiger partial charge in [0.05, 0.1) is 5.56 Å². The summed E-state index contributed by atoms with van der Waals surface area (Å²) in [6.07, 6.45) is -8.61. The van der Waals surface area contributed by atoms with Crippen LogP contribution in [-0.2, 0) is 6.18 Å². The molecule has 1 aromatic rings. The Morgan fingerprint density at radius 3 is 2.12 bits per heavy atom. The molecule has 0 aliphatic carbocycles. The largest absolute Gasteiger partial charge is 0.431 e. The van der Waals surface area contributed by atoms with Crippen molar-refractivity contribution in [1.82, 2.24) is 0 Å². The van der Waals surface area contributed by atoms with Crippen molar-refractivity contribution >= 4 is 23.2 Å². The summed E-state index contributed by atoms with van der Waals surface area (Å²) in [6, 6.07) is 3.04. The fraction of sp³-hybridized carbons (Fsp3) is 0.333. The zero-order valence-corrected chi connectivity index (χ0v) is 9.45. The molecule has 0 spiro atoms. The maximum absolute atomic E-state index is 12.9. The minimum atomic E-state index is -4.64. The Hall–Kier alpha value is -0.750. The molecule has 0 fully saturated rings. The summed E-state index contributed by atoms with van der Waals surface area (Å²) in [5.41, 5.74) is -1.11. The number of benzene rings is 1. The topological polar surface area (TPSA) is 9.23 Å². The van der Waals surface area contributed by atoms with Gasteiger partial charge in [-0.25, -0.2) is 0 Å². The molecule has 0 aliphatic heterocycles.